The van der Waals surface area contributed by atoms with Crippen molar-refractivity contribution in [2.45, 2.75) is 45.6 Å². The van der Waals surface area contributed by atoms with E-state index in [-0.39, 0.29) is 12.1 Å². The summed E-state index contributed by atoms with van der Waals surface area (Å²) in [6.07, 6.45) is 4.24. The summed E-state index contributed by atoms with van der Waals surface area (Å²) >= 11 is 0. The molecule has 1 rings (SSSR count). The highest BCUT2D eigenvalue weighted by molar-refractivity contribution is 5.89. The molecule has 0 saturated heterocycles. The maximum Gasteiger partial charge on any atom is 0.360 e. The van der Waals surface area contributed by atoms with Crippen LogP contribution in [0.3, 0.4) is 0 Å². The Bertz CT molecular complexity index is 456. The molecule has 0 amide bonds. The number of carbonyl (C=O) groups is 2. The smallest absolute Gasteiger partial charge is 0.360 e. The standard InChI is InChI=1S/C13H21N3O4/c1-4-5-6-7-8-16-10(9-11(17)19-2)12(14-15-16)13(18)20-3/h4-9H2,1-3H3. The largest absolute Gasteiger partial charge is 0.469 e. The molecule has 0 aromatic carbocycles. The molecule has 0 saturated carbocycles. The lowest BCUT2D eigenvalue weighted by molar-refractivity contribution is -0.139. The lowest BCUT2D eigenvalue weighted by Gasteiger charge is -2.06. The lowest BCUT2D eigenvalue weighted by Crippen LogP contribution is -2.15. The Morgan fingerprint density at radius 1 is 1.15 bits per heavy atom. The first-order chi connectivity index (χ1) is 9.63. The van der Waals surface area contributed by atoms with Crippen molar-refractivity contribution >= 4 is 11.9 Å². The first-order valence-electron chi connectivity index (χ1n) is 6.71. The second-order valence-corrected chi connectivity index (χ2v) is 4.41. The predicted octanol–water partition coefficient (Wildman–Crippen LogP) is 1.36. The first kappa shape index (κ1) is 16.1. The summed E-state index contributed by atoms with van der Waals surface area (Å²) in [5.74, 6) is -1.03. The molecule has 1 heterocycles. The van der Waals surface area contributed by atoms with E-state index in [0.717, 1.165) is 25.7 Å². The summed E-state index contributed by atoms with van der Waals surface area (Å²) in [6, 6.07) is 0. The number of carbonyl (C=O) groups excluding carboxylic acids is 2. The van der Waals surface area contributed by atoms with E-state index in [1.807, 2.05) is 0 Å². The highest BCUT2D eigenvalue weighted by Gasteiger charge is 2.22. The Kier molecular flexibility index (Phi) is 6.69. The molecule has 0 aliphatic rings. The van der Waals surface area contributed by atoms with Crippen LogP contribution >= 0.6 is 0 Å². The van der Waals surface area contributed by atoms with Gasteiger partial charge in [0.2, 0.25) is 0 Å². The second kappa shape index (κ2) is 8.29. The van der Waals surface area contributed by atoms with Gasteiger partial charge in [0.1, 0.15) is 0 Å². The van der Waals surface area contributed by atoms with Crippen molar-refractivity contribution in [2.24, 2.45) is 0 Å². The van der Waals surface area contributed by atoms with Crippen molar-refractivity contribution in [1.29, 1.82) is 0 Å². The molecule has 7 nitrogen and oxygen atoms in total. The van der Waals surface area contributed by atoms with Gasteiger partial charge in [0.15, 0.2) is 5.69 Å². The summed E-state index contributed by atoms with van der Waals surface area (Å²) in [7, 11) is 2.57. The summed E-state index contributed by atoms with van der Waals surface area (Å²) < 4.78 is 10.9. The summed E-state index contributed by atoms with van der Waals surface area (Å²) in [4.78, 5) is 23.0. The Labute approximate surface area is 118 Å². The molecule has 0 fully saturated rings. The second-order valence-electron chi connectivity index (χ2n) is 4.41. The molecule has 0 aliphatic heterocycles. The third-order valence-electron chi connectivity index (χ3n) is 2.98. The van der Waals surface area contributed by atoms with E-state index in [2.05, 4.69) is 26.7 Å². The van der Waals surface area contributed by atoms with Crippen LogP contribution in [0.5, 0.6) is 0 Å². The van der Waals surface area contributed by atoms with Gasteiger partial charge in [-0.2, -0.15) is 0 Å². The predicted molar refractivity (Wildman–Crippen MR) is 71.2 cm³/mol. The van der Waals surface area contributed by atoms with E-state index in [9.17, 15) is 9.59 Å². The van der Waals surface area contributed by atoms with E-state index >= 15 is 0 Å². The van der Waals surface area contributed by atoms with Crippen molar-refractivity contribution in [3.63, 3.8) is 0 Å². The number of esters is 2. The zero-order valence-electron chi connectivity index (χ0n) is 12.2. The minimum Gasteiger partial charge on any atom is -0.469 e. The van der Waals surface area contributed by atoms with Gasteiger partial charge in [-0.15, -0.1) is 5.10 Å². The lowest BCUT2D eigenvalue weighted by atomic mass is 10.2. The highest BCUT2D eigenvalue weighted by Crippen LogP contribution is 2.11. The third kappa shape index (κ3) is 4.32. The molecule has 0 aliphatic carbocycles. The zero-order chi connectivity index (χ0) is 15.0. The molecular weight excluding hydrogens is 262 g/mol. The van der Waals surface area contributed by atoms with Gasteiger partial charge in [-0.1, -0.05) is 31.4 Å². The Morgan fingerprint density at radius 2 is 1.90 bits per heavy atom. The molecule has 0 atom stereocenters. The van der Waals surface area contributed by atoms with Crippen LogP contribution in [0.1, 0.15) is 48.8 Å². The topological polar surface area (TPSA) is 83.3 Å². The van der Waals surface area contributed by atoms with Crippen molar-refractivity contribution in [3.8, 4) is 0 Å². The van der Waals surface area contributed by atoms with E-state index < -0.39 is 11.9 Å². The molecule has 20 heavy (non-hydrogen) atoms. The molecule has 0 bridgehead atoms. The normalized spacial score (nSPS) is 10.3. The molecule has 0 radical (unpaired) electrons. The van der Waals surface area contributed by atoms with Crippen LogP contribution in [0.2, 0.25) is 0 Å². The van der Waals surface area contributed by atoms with Crippen LogP contribution in [0.15, 0.2) is 0 Å². The third-order valence-corrected chi connectivity index (χ3v) is 2.98. The molecule has 0 N–H and O–H groups in total. The first-order valence-corrected chi connectivity index (χ1v) is 6.71. The molecule has 1 aromatic heterocycles. The van der Waals surface area contributed by atoms with Crippen molar-refractivity contribution in [3.05, 3.63) is 11.4 Å². The fourth-order valence-corrected chi connectivity index (χ4v) is 1.84. The van der Waals surface area contributed by atoms with Gasteiger partial charge in [-0.25, -0.2) is 9.48 Å². The van der Waals surface area contributed by atoms with Gasteiger partial charge in [0.05, 0.1) is 26.3 Å². The Morgan fingerprint density at radius 3 is 2.50 bits per heavy atom. The number of unbranched alkanes of at least 4 members (excludes halogenated alkanes) is 3. The van der Waals surface area contributed by atoms with E-state index in [0.29, 0.717) is 12.2 Å². The molecule has 0 unspecified atom stereocenters. The van der Waals surface area contributed by atoms with Crippen molar-refractivity contribution in [1.82, 2.24) is 15.0 Å². The maximum absolute atomic E-state index is 11.6. The molecule has 112 valence electrons. The number of aromatic nitrogens is 3. The minimum absolute atomic E-state index is 0.0400. The average molecular weight is 283 g/mol. The maximum atomic E-state index is 11.6. The van der Waals surface area contributed by atoms with Gasteiger partial charge in [-0.05, 0) is 6.42 Å². The Hall–Kier alpha value is -1.92. The van der Waals surface area contributed by atoms with Crippen molar-refractivity contribution in [2.75, 3.05) is 14.2 Å². The van der Waals surface area contributed by atoms with E-state index in [4.69, 9.17) is 0 Å². The van der Waals surface area contributed by atoms with E-state index in [1.165, 1.54) is 14.2 Å². The SMILES string of the molecule is CCCCCCn1nnc(C(=O)OC)c1CC(=O)OC. The van der Waals surface area contributed by atoms with Crippen LogP contribution in [-0.4, -0.2) is 41.2 Å². The van der Waals surface area contributed by atoms with Gasteiger partial charge in [0.25, 0.3) is 0 Å². The summed E-state index contributed by atoms with van der Waals surface area (Å²) in [6.45, 7) is 2.75. The molecule has 7 heteroatoms. The van der Waals surface area contributed by atoms with Crippen LogP contribution in [0.25, 0.3) is 0 Å². The van der Waals surface area contributed by atoms with Crippen LogP contribution < -0.4 is 0 Å². The number of ether oxygens (including phenoxy) is 2. The fourth-order valence-electron chi connectivity index (χ4n) is 1.84. The molecular formula is C13H21N3O4. The van der Waals surface area contributed by atoms with Crippen molar-refractivity contribution < 1.29 is 19.1 Å². The van der Waals surface area contributed by atoms with Gasteiger partial charge >= 0.3 is 11.9 Å². The molecule has 0 spiro atoms. The monoisotopic (exact) mass is 283 g/mol. The number of nitrogens with zero attached hydrogens (tertiary/aromatic N) is 3. The van der Waals surface area contributed by atoms with Gasteiger partial charge in [-0.3, -0.25) is 4.79 Å². The van der Waals surface area contributed by atoms with Gasteiger partial charge < -0.3 is 9.47 Å². The number of rotatable bonds is 8. The number of aryl methyl sites for hydroxylation is 1. The molecule has 1 aromatic rings. The van der Waals surface area contributed by atoms with Crippen LogP contribution in [0.4, 0.5) is 0 Å². The highest BCUT2D eigenvalue weighted by atomic mass is 16.5. The average Bonchev–Trinajstić information content (AvgIpc) is 2.85. The quantitative estimate of drug-likeness (QED) is 0.529. The van der Waals surface area contributed by atoms with Gasteiger partial charge in [0, 0.05) is 6.54 Å². The summed E-state index contributed by atoms with van der Waals surface area (Å²) in [5, 5.41) is 7.73. The minimum atomic E-state index is -0.594. The Balaban J connectivity index is 2.84. The van der Waals surface area contributed by atoms with Crippen LogP contribution in [0, 0.1) is 0 Å². The fraction of sp³-hybridized carbons (Fsp3) is 0.692. The zero-order valence-corrected chi connectivity index (χ0v) is 12.2. The van der Waals surface area contributed by atoms with Crippen LogP contribution in [-0.2, 0) is 27.2 Å². The number of hydrogen-bond acceptors (Lipinski definition) is 6. The number of hydrogen-bond donors (Lipinski definition) is 0. The van der Waals surface area contributed by atoms with E-state index in [1.54, 1.807) is 4.68 Å². The summed E-state index contributed by atoms with van der Waals surface area (Å²) in [5.41, 5.74) is 0.522. The number of methoxy groups -OCH3 is 2.